The Labute approximate surface area is 168 Å². The highest BCUT2D eigenvalue weighted by Crippen LogP contribution is 2.26. The van der Waals surface area contributed by atoms with E-state index < -0.39 is 53.6 Å². The maximum absolute atomic E-state index is 11.5. The third-order valence-electron chi connectivity index (χ3n) is 4.08. The number of hydrogen-bond donors (Lipinski definition) is 4. The zero-order valence-electron chi connectivity index (χ0n) is 15.7. The van der Waals surface area contributed by atoms with Crippen molar-refractivity contribution in [3.63, 3.8) is 0 Å². The molecule has 1 saturated heterocycles. The Kier molecular flexibility index (Phi) is 8.92. The zero-order valence-corrected chi connectivity index (χ0v) is 16.5. The van der Waals surface area contributed by atoms with Crippen LogP contribution in [0.3, 0.4) is 0 Å². The molecule has 11 nitrogen and oxygen atoms in total. The minimum Gasteiger partial charge on any atom is -0.394 e. The SMILES string of the molecule is CC(=O)N[C@H]1[C@@H](OCCO)O[C@H](COS(=O)(=O)O)[C@@H](OCc2ccccc2)[C@@H]1O. The first-order valence-electron chi connectivity index (χ1n) is 8.81. The first-order valence-corrected chi connectivity index (χ1v) is 10.2. The quantitative estimate of drug-likeness (QED) is 0.335. The number of carbonyl (C=O) groups is 1. The monoisotopic (exact) mass is 435 g/mol. The molecule has 0 unspecified atom stereocenters. The molecule has 1 amide bonds. The van der Waals surface area contributed by atoms with Gasteiger partial charge in [-0.3, -0.25) is 9.35 Å². The van der Waals surface area contributed by atoms with Crippen LogP contribution in [0, 0.1) is 0 Å². The lowest BCUT2D eigenvalue weighted by Crippen LogP contribution is -2.65. The van der Waals surface area contributed by atoms with Gasteiger partial charge in [0.1, 0.15) is 24.4 Å². The van der Waals surface area contributed by atoms with Crippen LogP contribution in [0.4, 0.5) is 0 Å². The molecule has 1 aromatic rings. The summed E-state index contributed by atoms with van der Waals surface area (Å²) in [5, 5.41) is 22.3. The Morgan fingerprint density at radius 1 is 1.24 bits per heavy atom. The zero-order chi connectivity index (χ0) is 21.4. The van der Waals surface area contributed by atoms with E-state index in [2.05, 4.69) is 9.50 Å². The molecule has 5 atom stereocenters. The molecular weight excluding hydrogens is 410 g/mol. The number of carbonyl (C=O) groups excluding carboxylic acids is 1. The number of benzene rings is 1. The molecule has 0 saturated carbocycles. The summed E-state index contributed by atoms with van der Waals surface area (Å²) in [6.07, 6.45) is -4.87. The maximum Gasteiger partial charge on any atom is 0.397 e. The molecule has 1 heterocycles. The van der Waals surface area contributed by atoms with E-state index in [1.165, 1.54) is 6.92 Å². The number of aliphatic hydroxyl groups is 2. The van der Waals surface area contributed by atoms with Crippen LogP contribution < -0.4 is 5.32 Å². The Morgan fingerprint density at radius 3 is 2.52 bits per heavy atom. The lowest BCUT2D eigenvalue weighted by Gasteiger charge is -2.44. The van der Waals surface area contributed by atoms with Gasteiger partial charge < -0.3 is 29.7 Å². The van der Waals surface area contributed by atoms with E-state index in [0.29, 0.717) is 0 Å². The van der Waals surface area contributed by atoms with E-state index in [4.69, 9.17) is 23.9 Å². The normalized spacial score (nSPS) is 27.5. The first kappa shape index (κ1) is 23.6. The number of rotatable bonds is 10. The predicted octanol–water partition coefficient (Wildman–Crippen LogP) is -1.01. The van der Waals surface area contributed by atoms with Crippen LogP contribution in [0.25, 0.3) is 0 Å². The van der Waals surface area contributed by atoms with Crippen molar-refractivity contribution in [3.05, 3.63) is 35.9 Å². The van der Waals surface area contributed by atoms with Gasteiger partial charge in [0.15, 0.2) is 6.29 Å². The molecule has 1 aromatic carbocycles. The molecule has 4 N–H and O–H groups in total. The van der Waals surface area contributed by atoms with Gasteiger partial charge in [-0.25, -0.2) is 4.18 Å². The average Bonchev–Trinajstić information content (AvgIpc) is 2.66. The van der Waals surface area contributed by atoms with Gasteiger partial charge in [-0.05, 0) is 5.56 Å². The minimum atomic E-state index is -4.77. The molecule has 29 heavy (non-hydrogen) atoms. The molecule has 0 radical (unpaired) electrons. The third kappa shape index (κ3) is 7.60. The average molecular weight is 435 g/mol. The van der Waals surface area contributed by atoms with Gasteiger partial charge in [0.2, 0.25) is 5.91 Å². The van der Waals surface area contributed by atoms with E-state index in [-0.39, 0.29) is 19.8 Å². The fourth-order valence-electron chi connectivity index (χ4n) is 2.88. The van der Waals surface area contributed by atoms with Crippen LogP contribution >= 0.6 is 0 Å². The number of ether oxygens (including phenoxy) is 3. The van der Waals surface area contributed by atoms with E-state index in [0.717, 1.165) is 5.56 Å². The second kappa shape index (κ2) is 10.9. The van der Waals surface area contributed by atoms with Gasteiger partial charge in [0, 0.05) is 6.92 Å². The molecule has 164 valence electrons. The fourth-order valence-corrected chi connectivity index (χ4v) is 3.19. The molecule has 0 spiro atoms. The van der Waals surface area contributed by atoms with Gasteiger partial charge in [-0.2, -0.15) is 8.42 Å². The van der Waals surface area contributed by atoms with Crippen LogP contribution in [0.5, 0.6) is 0 Å². The van der Waals surface area contributed by atoms with E-state index in [1.54, 1.807) is 24.3 Å². The van der Waals surface area contributed by atoms with Crippen LogP contribution in [0.2, 0.25) is 0 Å². The topological polar surface area (TPSA) is 161 Å². The molecular formula is C17H25NO10S. The van der Waals surface area contributed by atoms with Crippen molar-refractivity contribution in [1.29, 1.82) is 0 Å². The van der Waals surface area contributed by atoms with Crippen molar-refractivity contribution in [3.8, 4) is 0 Å². The Bertz CT molecular complexity index is 744. The van der Waals surface area contributed by atoms with Crippen LogP contribution in [0.1, 0.15) is 12.5 Å². The van der Waals surface area contributed by atoms with E-state index in [1.807, 2.05) is 6.07 Å². The van der Waals surface area contributed by atoms with E-state index >= 15 is 0 Å². The number of aliphatic hydroxyl groups excluding tert-OH is 2. The summed E-state index contributed by atoms with van der Waals surface area (Å²) in [5.41, 5.74) is 0.781. The van der Waals surface area contributed by atoms with Crippen molar-refractivity contribution < 1.29 is 46.4 Å². The summed E-state index contributed by atoms with van der Waals surface area (Å²) < 4.78 is 51.9. The second-order valence-corrected chi connectivity index (χ2v) is 7.42. The maximum atomic E-state index is 11.5. The molecule has 0 bridgehead atoms. The van der Waals surface area contributed by atoms with Crippen LogP contribution in [0.15, 0.2) is 30.3 Å². The summed E-state index contributed by atoms with van der Waals surface area (Å²) in [6.45, 7) is 0.130. The lowest BCUT2D eigenvalue weighted by molar-refractivity contribution is -0.279. The number of amides is 1. The minimum absolute atomic E-state index is 0.0588. The summed E-state index contributed by atoms with van der Waals surface area (Å²) in [6, 6.07) is 7.94. The smallest absolute Gasteiger partial charge is 0.394 e. The van der Waals surface area contributed by atoms with Crippen molar-refractivity contribution in [2.24, 2.45) is 0 Å². The molecule has 1 fully saturated rings. The molecule has 1 aliphatic rings. The predicted molar refractivity (Wildman–Crippen MR) is 97.8 cm³/mol. The molecule has 0 aliphatic carbocycles. The summed E-state index contributed by atoms with van der Waals surface area (Å²) in [5.74, 6) is -0.468. The highest BCUT2D eigenvalue weighted by molar-refractivity contribution is 7.80. The van der Waals surface area contributed by atoms with E-state index in [9.17, 15) is 18.3 Å². The highest BCUT2D eigenvalue weighted by atomic mass is 32.3. The largest absolute Gasteiger partial charge is 0.397 e. The molecule has 12 heteroatoms. The molecule has 0 aromatic heterocycles. The van der Waals surface area contributed by atoms with Crippen molar-refractivity contribution >= 4 is 16.3 Å². The lowest BCUT2D eigenvalue weighted by atomic mass is 9.96. The van der Waals surface area contributed by atoms with Crippen LogP contribution in [-0.2, 0) is 40.2 Å². The van der Waals surface area contributed by atoms with Gasteiger partial charge in [-0.1, -0.05) is 30.3 Å². The van der Waals surface area contributed by atoms with Crippen molar-refractivity contribution in [2.75, 3.05) is 19.8 Å². The first-order chi connectivity index (χ1) is 13.7. The highest BCUT2D eigenvalue weighted by Gasteiger charge is 2.47. The number of hydrogen-bond acceptors (Lipinski definition) is 9. The molecule has 1 aliphatic heterocycles. The summed E-state index contributed by atoms with van der Waals surface area (Å²) in [4.78, 5) is 11.5. The molecule has 2 rings (SSSR count). The van der Waals surface area contributed by atoms with Gasteiger partial charge >= 0.3 is 10.4 Å². The van der Waals surface area contributed by atoms with Gasteiger partial charge in [-0.15, -0.1) is 0 Å². The number of nitrogens with one attached hydrogen (secondary N) is 1. The Balaban J connectivity index is 2.20. The van der Waals surface area contributed by atoms with Gasteiger partial charge in [0.05, 0.1) is 26.4 Å². The Hall–Kier alpha value is -1.64. The van der Waals surface area contributed by atoms with Crippen LogP contribution in [-0.4, -0.2) is 79.6 Å². The summed E-state index contributed by atoms with van der Waals surface area (Å²) in [7, 11) is -4.77. The van der Waals surface area contributed by atoms with Gasteiger partial charge in [0.25, 0.3) is 0 Å². The van der Waals surface area contributed by atoms with Crippen molar-refractivity contribution in [2.45, 2.75) is 44.2 Å². The fraction of sp³-hybridized carbons (Fsp3) is 0.588. The summed E-state index contributed by atoms with van der Waals surface area (Å²) >= 11 is 0. The standard InChI is InChI=1S/C17H25NO10S/c1-11(20)18-14-15(21)16(26-9-12-5-3-2-4-6-12)13(10-27-29(22,23)24)28-17(14)25-8-7-19/h2-6,13-17,19,21H,7-10H2,1H3,(H,18,20)(H,22,23,24)/t13-,14-,15-,16-,17+/m1/s1. The van der Waals surface area contributed by atoms with Crippen molar-refractivity contribution in [1.82, 2.24) is 5.32 Å². The second-order valence-electron chi connectivity index (χ2n) is 6.33. The third-order valence-corrected chi connectivity index (χ3v) is 4.52. The Morgan fingerprint density at radius 2 is 1.93 bits per heavy atom.